The van der Waals surface area contributed by atoms with E-state index in [-0.39, 0.29) is 6.04 Å². The predicted molar refractivity (Wildman–Crippen MR) is 73.0 cm³/mol. The first-order valence-electron chi connectivity index (χ1n) is 5.85. The number of thioether (sulfide) groups is 1. The fourth-order valence-electron chi connectivity index (χ4n) is 2.24. The Morgan fingerprint density at radius 3 is 2.69 bits per heavy atom. The number of halogens is 1. The van der Waals surface area contributed by atoms with E-state index in [4.69, 9.17) is 17.3 Å². The molecule has 88 valence electrons. The Kier molecular flexibility index (Phi) is 4.56. The maximum atomic E-state index is 6.24. The Labute approximate surface area is 107 Å². The maximum Gasteiger partial charge on any atom is 0.0453 e. The SMILES string of the molecule is NC(CC1CCSCC1)c1ccccc1Cl. The molecule has 1 aliphatic rings. The highest BCUT2D eigenvalue weighted by Gasteiger charge is 2.18. The van der Waals surface area contributed by atoms with Gasteiger partial charge in [0.25, 0.3) is 0 Å². The summed E-state index contributed by atoms with van der Waals surface area (Å²) in [5.74, 6) is 3.37. The number of rotatable bonds is 3. The molecule has 16 heavy (non-hydrogen) atoms. The van der Waals surface area contributed by atoms with E-state index in [9.17, 15) is 0 Å². The van der Waals surface area contributed by atoms with E-state index < -0.39 is 0 Å². The van der Waals surface area contributed by atoms with Crippen LogP contribution in [0.5, 0.6) is 0 Å². The van der Waals surface area contributed by atoms with E-state index in [0.29, 0.717) is 0 Å². The first-order valence-corrected chi connectivity index (χ1v) is 7.38. The Bertz CT molecular complexity index is 336. The largest absolute Gasteiger partial charge is 0.324 e. The maximum absolute atomic E-state index is 6.24. The van der Waals surface area contributed by atoms with Crippen LogP contribution in [-0.4, -0.2) is 11.5 Å². The van der Waals surface area contributed by atoms with E-state index in [1.165, 1.54) is 24.3 Å². The zero-order chi connectivity index (χ0) is 11.4. The summed E-state index contributed by atoms with van der Waals surface area (Å²) in [6.45, 7) is 0. The normalized spacial score (nSPS) is 19.6. The summed E-state index contributed by atoms with van der Waals surface area (Å²) in [7, 11) is 0. The summed E-state index contributed by atoms with van der Waals surface area (Å²) < 4.78 is 0. The molecule has 0 radical (unpaired) electrons. The van der Waals surface area contributed by atoms with Gasteiger partial charge in [0.05, 0.1) is 0 Å². The van der Waals surface area contributed by atoms with Crippen LogP contribution < -0.4 is 5.73 Å². The molecule has 1 nitrogen and oxygen atoms in total. The van der Waals surface area contributed by atoms with Crippen LogP contribution in [0.15, 0.2) is 24.3 Å². The third-order valence-corrected chi connectivity index (χ3v) is 4.63. The summed E-state index contributed by atoms with van der Waals surface area (Å²) >= 11 is 8.21. The molecule has 1 atom stereocenters. The molecule has 2 N–H and O–H groups in total. The van der Waals surface area contributed by atoms with E-state index in [2.05, 4.69) is 11.8 Å². The topological polar surface area (TPSA) is 26.0 Å². The van der Waals surface area contributed by atoms with Gasteiger partial charge in [0, 0.05) is 11.1 Å². The number of hydrogen-bond acceptors (Lipinski definition) is 2. The second-order valence-electron chi connectivity index (χ2n) is 4.42. The summed E-state index contributed by atoms with van der Waals surface area (Å²) in [6.07, 6.45) is 3.69. The van der Waals surface area contributed by atoms with Gasteiger partial charge in [-0.3, -0.25) is 0 Å². The van der Waals surface area contributed by atoms with Gasteiger partial charge in [0.2, 0.25) is 0 Å². The van der Waals surface area contributed by atoms with Gasteiger partial charge < -0.3 is 5.73 Å². The standard InChI is InChI=1S/C13H18ClNS/c14-12-4-2-1-3-11(12)13(15)9-10-5-7-16-8-6-10/h1-4,10,13H,5-9,15H2. The van der Waals surface area contributed by atoms with Gasteiger partial charge in [-0.2, -0.15) is 11.8 Å². The molecule has 1 aromatic rings. The van der Waals surface area contributed by atoms with Crippen molar-refractivity contribution >= 4 is 23.4 Å². The van der Waals surface area contributed by atoms with Crippen molar-refractivity contribution in [1.29, 1.82) is 0 Å². The third-order valence-electron chi connectivity index (χ3n) is 3.23. The minimum absolute atomic E-state index is 0.0989. The van der Waals surface area contributed by atoms with Gasteiger partial charge in [0.15, 0.2) is 0 Å². The molecule has 0 aliphatic carbocycles. The second-order valence-corrected chi connectivity index (χ2v) is 6.05. The molecule has 0 spiro atoms. The quantitative estimate of drug-likeness (QED) is 0.887. The van der Waals surface area contributed by atoms with Crippen LogP contribution in [0.1, 0.15) is 30.9 Å². The third kappa shape index (κ3) is 3.16. The van der Waals surface area contributed by atoms with Crippen molar-refractivity contribution in [1.82, 2.24) is 0 Å². The van der Waals surface area contributed by atoms with Crippen molar-refractivity contribution in [3.8, 4) is 0 Å². The van der Waals surface area contributed by atoms with Crippen LogP contribution in [0, 0.1) is 5.92 Å². The van der Waals surface area contributed by atoms with Gasteiger partial charge in [-0.15, -0.1) is 0 Å². The zero-order valence-corrected chi connectivity index (χ0v) is 10.9. The van der Waals surface area contributed by atoms with Crippen LogP contribution in [0.25, 0.3) is 0 Å². The van der Waals surface area contributed by atoms with Crippen LogP contribution in [0.3, 0.4) is 0 Å². The fourth-order valence-corrected chi connectivity index (χ4v) is 3.72. The summed E-state index contributed by atoms with van der Waals surface area (Å²) in [4.78, 5) is 0. The Hall–Kier alpha value is -0.180. The van der Waals surface area contributed by atoms with Crippen LogP contribution in [0.2, 0.25) is 5.02 Å². The lowest BCUT2D eigenvalue weighted by Gasteiger charge is -2.24. The Balaban J connectivity index is 1.96. The van der Waals surface area contributed by atoms with E-state index >= 15 is 0 Å². The molecule has 3 heteroatoms. The molecule has 1 aromatic carbocycles. The first-order chi connectivity index (χ1) is 7.77. The fraction of sp³-hybridized carbons (Fsp3) is 0.538. The van der Waals surface area contributed by atoms with E-state index in [0.717, 1.165) is 22.9 Å². The molecule has 2 rings (SSSR count). The molecule has 1 unspecified atom stereocenters. The van der Waals surface area contributed by atoms with Gasteiger partial charge in [-0.1, -0.05) is 29.8 Å². The molecular formula is C13H18ClNS. The smallest absolute Gasteiger partial charge is 0.0453 e. The molecule has 0 saturated carbocycles. The van der Waals surface area contributed by atoms with E-state index in [1.54, 1.807) is 0 Å². The lowest BCUT2D eigenvalue weighted by Crippen LogP contribution is -2.19. The van der Waals surface area contributed by atoms with Crippen molar-refractivity contribution in [3.05, 3.63) is 34.9 Å². The molecule has 1 saturated heterocycles. The Morgan fingerprint density at radius 2 is 2.00 bits per heavy atom. The highest BCUT2D eigenvalue weighted by atomic mass is 35.5. The average Bonchev–Trinajstić information content (AvgIpc) is 2.31. The molecular weight excluding hydrogens is 238 g/mol. The summed E-state index contributed by atoms with van der Waals surface area (Å²) in [5, 5.41) is 0.806. The zero-order valence-electron chi connectivity index (χ0n) is 9.36. The molecule has 0 aromatic heterocycles. The molecule has 1 aliphatic heterocycles. The minimum atomic E-state index is 0.0989. The van der Waals surface area contributed by atoms with Gasteiger partial charge >= 0.3 is 0 Å². The Morgan fingerprint density at radius 1 is 1.31 bits per heavy atom. The first kappa shape index (κ1) is 12.3. The highest BCUT2D eigenvalue weighted by Crippen LogP contribution is 2.31. The molecule has 0 bridgehead atoms. The highest BCUT2D eigenvalue weighted by molar-refractivity contribution is 7.99. The van der Waals surface area contributed by atoms with Gasteiger partial charge in [0.1, 0.15) is 0 Å². The average molecular weight is 256 g/mol. The van der Waals surface area contributed by atoms with E-state index in [1.807, 2.05) is 24.3 Å². The second kappa shape index (κ2) is 5.95. The number of hydrogen-bond donors (Lipinski definition) is 1. The molecule has 0 amide bonds. The summed E-state index contributed by atoms with van der Waals surface area (Å²) in [6, 6.07) is 8.04. The molecule has 1 heterocycles. The van der Waals surface area contributed by atoms with Crippen LogP contribution in [-0.2, 0) is 0 Å². The monoisotopic (exact) mass is 255 g/mol. The predicted octanol–water partition coefficient (Wildman–Crippen LogP) is 3.87. The number of benzene rings is 1. The van der Waals surface area contributed by atoms with Crippen molar-refractivity contribution in [2.75, 3.05) is 11.5 Å². The molecule has 1 fully saturated rings. The van der Waals surface area contributed by atoms with Gasteiger partial charge in [-0.05, 0) is 48.3 Å². The lowest BCUT2D eigenvalue weighted by molar-refractivity contribution is 0.413. The van der Waals surface area contributed by atoms with Crippen molar-refractivity contribution in [3.63, 3.8) is 0 Å². The van der Waals surface area contributed by atoms with Crippen LogP contribution >= 0.6 is 23.4 Å². The van der Waals surface area contributed by atoms with Crippen molar-refractivity contribution < 1.29 is 0 Å². The minimum Gasteiger partial charge on any atom is -0.324 e. The number of nitrogens with two attached hydrogens (primary N) is 1. The van der Waals surface area contributed by atoms with Gasteiger partial charge in [-0.25, -0.2) is 0 Å². The summed E-state index contributed by atoms with van der Waals surface area (Å²) in [5.41, 5.74) is 7.33. The van der Waals surface area contributed by atoms with Crippen molar-refractivity contribution in [2.45, 2.75) is 25.3 Å². The van der Waals surface area contributed by atoms with Crippen LogP contribution in [0.4, 0.5) is 0 Å². The lowest BCUT2D eigenvalue weighted by atomic mass is 9.91. The van der Waals surface area contributed by atoms with Crippen molar-refractivity contribution in [2.24, 2.45) is 11.7 Å².